The lowest BCUT2D eigenvalue weighted by Gasteiger charge is -2.41. The molecule has 2 aliphatic rings. The van der Waals surface area contributed by atoms with E-state index in [0.29, 0.717) is 12.2 Å². The lowest BCUT2D eigenvalue weighted by molar-refractivity contribution is -0.149. The number of para-hydroxylation sites is 1. The third-order valence-electron chi connectivity index (χ3n) is 4.16. The Kier molecular flexibility index (Phi) is 3.41. The van der Waals surface area contributed by atoms with Gasteiger partial charge in [0.15, 0.2) is 0 Å². The topological polar surface area (TPSA) is 69.6 Å². The highest BCUT2D eigenvalue weighted by Gasteiger charge is 2.49. The molecule has 5 nitrogen and oxygen atoms in total. The number of fused-ring (bicyclic) bond motifs is 1. The van der Waals surface area contributed by atoms with Gasteiger partial charge in [-0.3, -0.25) is 9.59 Å². The van der Waals surface area contributed by atoms with Gasteiger partial charge in [-0.25, -0.2) is 4.39 Å². The van der Waals surface area contributed by atoms with Gasteiger partial charge >= 0.3 is 0 Å². The standard InChI is InChI=1S/C15H17FN2O3/c16-15(9-19)5-11(6-15)14(21)18-7-10-3-1-2-4-12(10)17-13(20)8-18/h1-4,11,19H,5-9H2,(H,17,20). The van der Waals surface area contributed by atoms with Crippen LogP contribution in [-0.2, 0) is 16.1 Å². The van der Waals surface area contributed by atoms with Gasteiger partial charge in [-0.05, 0) is 24.5 Å². The Morgan fingerprint density at radius 2 is 2.10 bits per heavy atom. The van der Waals surface area contributed by atoms with E-state index < -0.39 is 18.2 Å². The molecule has 0 atom stereocenters. The smallest absolute Gasteiger partial charge is 0.244 e. The van der Waals surface area contributed by atoms with Crippen LogP contribution in [0.1, 0.15) is 18.4 Å². The van der Waals surface area contributed by atoms with Crippen molar-refractivity contribution >= 4 is 17.5 Å². The molecule has 2 N–H and O–H groups in total. The van der Waals surface area contributed by atoms with Crippen LogP contribution in [-0.4, -0.2) is 40.6 Å². The second-order valence-corrected chi connectivity index (χ2v) is 5.81. The highest BCUT2D eigenvalue weighted by molar-refractivity contribution is 5.96. The summed E-state index contributed by atoms with van der Waals surface area (Å²) >= 11 is 0. The van der Waals surface area contributed by atoms with Gasteiger partial charge in [0.25, 0.3) is 0 Å². The largest absolute Gasteiger partial charge is 0.393 e. The molecule has 0 bridgehead atoms. The number of halogens is 1. The number of alkyl halides is 1. The molecule has 6 heteroatoms. The molecule has 21 heavy (non-hydrogen) atoms. The van der Waals surface area contributed by atoms with Crippen LogP contribution in [0, 0.1) is 5.92 Å². The molecule has 112 valence electrons. The molecule has 1 aromatic rings. The Morgan fingerprint density at radius 3 is 2.81 bits per heavy atom. The molecule has 0 aromatic heterocycles. The van der Waals surface area contributed by atoms with Crippen molar-refractivity contribution < 1.29 is 19.1 Å². The number of amides is 2. The number of hydrogen-bond donors (Lipinski definition) is 2. The first-order valence-electron chi connectivity index (χ1n) is 6.97. The van der Waals surface area contributed by atoms with Crippen molar-refractivity contribution in [3.63, 3.8) is 0 Å². The van der Waals surface area contributed by atoms with Gasteiger partial charge in [0.2, 0.25) is 11.8 Å². The van der Waals surface area contributed by atoms with Crippen molar-refractivity contribution in [2.24, 2.45) is 5.92 Å². The summed E-state index contributed by atoms with van der Waals surface area (Å²) in [6.07, 6.45) is 0.0597. The maximum atomic E-state index is 13.7. The molecule has 0 spiro atoms. The average molecular weight is 292 g/mol. The Labute approximate surface area is 121 Å². The van der Waals surface area contributed by atoms with Crippen molar-refractivity contribution in [1.82, 2.24) is 4.90 Å². The summed E-state index contributed by atoms with van der Waals surface area (Å²) in [6, 6.07) is 7.32. The first-order valence-corrected chi connectivity index (χ1v) is 6.97. The zero-order valence-electron chi connectivity index (χ0n) is 11.5. The number of rotatable bonds is 2. The van der Waals surface area contributed by atoms with Crippen molar-refractivity contribution in [2.45, 2.75) is 25.1 Å². The first-order chi connectivity index (χ1) is 10.0. The van der Waals surface area contributed by atoms with Crippen LogP contribution in [0.3, 0.4) is 0 Å². The van der Waals surface area contributed by atoms with Gasteiger partial charge in [0.05, 0.1) is 6.61 Å². The van der Waals surface area contributed by atoms with E-state index in [1.165, 1.54) is 4.90 Å². The summed E-state index contributed by atoms with van der Waals surface area (Å²) < 4.78 is 13.7. The normalized spacial score (nSPS) is 28.2. The lowest BCUT2D eigenvalue weighted by atomic mass is 9.72. The number of carbonyl (C=O) groups excluding carboxylic acids is 2. The van der Waals surface area contributed by atoms with Gasteiger partial charge in [-0.2, -0.15) is 0 Å². The zero-order chi connectivity index (χ0) is 15.0. The fraction of sp³-hybridized carbons (Fsp3) is 0.467. The van der Waals surface area contributed by atoms with Gasteiger partial charge in [-0.1, -0.05) is 18.2 Å². The second-order valence-electron chi connectivity index (χ2n) is 5.81. The van der Waals surface area contributed by atoms with Gasteiger partial charge in [0.1, 0.15) is 12.2 Å². The van der Waals surface area contributed by atoms with Crippen molar-refractivity contribution in [1.29, 1.82) is 0 Å². The van der Waals surface area contributed by atoms with Crippen molar-refractivity contribution in [3.05, 3.63) is 29.8 Å². The molecule has 1 fully saturated rings. The fourth-order valence-electron chi connectivity index (χ4n) is 2.95. The number of hydrogen-bond acceptors (Lipinski definition) is 3. The number of anilines is 1. The minimum absolute atomic E-state index is 0.0254. The predicted molar refractivity (Wildman–Crippen MR) is 74.1 cm³/mol. The molecule has 0 saturated heterocycles. The molecular formula is C15H17FN2O3. The van der Waals surface area contributed by atoms with E-state index in [1.54, 1.807) is 6.07 Å². The van der Waals surface area contributed by atoms with E-state index in [0.717, 1.165) is 5.56 Å². The Balaban J connectivity index is 1.74. The minimum Gasteiger partial charge on any atom is -0.393 e. The first kappa shape index (κ1) is 14.0. The molecule has 1 aliphatic heterocycles. The summed E-state index contributed by atoms with van der Waals surface area (Å²) in [4.78, 5) is 25.7. The Hall–Kier alpha value is -1.95. The molecular weight excluding hydrogens is 275 g/mol. The average Bonchev–Trinajstić information content (AvgIpc) is 2.61. The third-order valence-corrected chi connectivity index (χ3v) is 4.16. The van der Waals surface area contributed by atoms with Crippen LogP contribution in [0.15, 0.2) is 24.3 Å². The van der Waals surface area contributed by atoms with E-state index >= 15 is 0 Å². The number of aliphatic hydroxyl groups is 1. The highest BCUT2D eigenvalue weighted by Crippen LogP contribution is 2.42. The van der Waals surface area contributed by atoms with E-state index in [-0.39, 0.29) is 31.2 Å². The Morgan fingerprint density at radius 1 is 1.38 bits per heavy atom. The van der Waals surface area contributed by atoms with E-state index in [9.17, 15) is 14.0 Å². The van der Waals surface area contributed by atoms with Crippen LogP contribution >= 0.6 is 0 Å². The number of nitrogens with one attached hydrogen (secondary N) is 1. The summed E-state index contributed by atoms with van der Waals surface area (Å²) in [5, 5.41) is 11.7. The summed E-state index contributed by atoms with van der Waals surface area (Å²) in [6.45, 7) is -0.245. The Bertz CT molecular complexity index is 584. The van der Waals surface area contributed by atoms with Crippen molar-refractivity contribution in [3.8, 4) is 0 Å². The zero-order valence-corrected chi connectivity index (χ0v) is 11.5. The maximum absolute atomic E-state index is 13.7. The minimum atomic E-state index is -1.63. The monoisotopic (exact) mass is 292 g/mol. The predicted octanol–water partition coefficient (Wildman–Crippen LogP) is 1.08. The molecule has 1 aromatic carbocycles. The fourth-order valence-corrected chi connectivity index (χ4v) is 2.95. The molecule has 0 radical (unpaired) electrons. The molecule has 1 saturated carbocycles. The van der Waals surface area contributed by atoms with E-state index in [4.69, 9.17) is 5.11 Å². The summed E-state index contributed by atoms with van der Waals surface area (Å²) in [5.41, 5.74) is -0.0573. The summed E-state index contributed by atoms with van der Waals surface area (Å²) in [5.74, 6) is -0.912. The quantitative estimate of drug-likeness (QED) is 0.857. The van der Waals surface area contributed by atoms with Crippen LogP contribution in [0.5, 0.6) is 0 Å². The van der Waals surface area contributed by atoms with E-state index in [1.807, 2.05) is 18.2 Å². The second kappa shape index (κ2) is 5.11. The number of benzene rings is 1. The molecule has 0 unspecified atom stereocenters. The number of carbonyl (C=O) groups is 2. The van der Waals surface area contributed by atoms with Crippen LogP contribution in [0.4, 0.5) is 10.1 Å². The number of aliphatic hydroxyl groups excluding tert-OH is 1. The molecule has 3 rings (SSSR count). The highest BCUT2D eigenvalue weighted by atomic mass is 19.1. The third kappa shape index (κ3) is 2.63. The number of nitrogens with zero attached hydrogens (tertiary/aromatic N) is 1. The van der Waals surface area contributed by atoms with Crippen molar-refractivity contribution in [2.75, 3.05) is 18.5 Å². The van der Waals surface area contributed by atoms with Crippen LogP contribution in [0.25, 0.3) is 0 Å². The van der Waals surface area contributed by atoms with Gasteiger partial charge in [-0.15, -0.1) is 0 Å². The maximum Gasteiger partial charge on any atom is 0.244 e. The van der Waals surface area contributed by atoms with Crippen LogP contribution < -0.4 is 5.32 Å². The van der Waals surface area contributed by atoms with Crippen LogP contribution in [0.2, 0.25) is 0 Å². The van der Waals surface area contributed by atoms with E-state index in [2.05, 4.69) is 5.32 Å². The van der Waals surface area contributed by atoms with Gasteiger partial charge < -0.3 is 15.3 Å². The lowest BCUT2D eigenvalue weighted by Crippen LogP contribution is -2.51. The molecule has 1 aliphatic carbocycles. The summed E-state index contributed by atoms with van der Waals surface area (Å²) in [7, 11) is 0. The molecule has 1 heterocycles. The SMILES string of the molecule is O=C1CN(C(=O)C2CC(F)(CO)C2)Cc2ccccc2N1. The molecule has 2 amide bonds. The van der Waals surface area contributed by atoms with Gasteiger partial charge in [0, 0.05) is 18.2 Å².